The molecule has 2 rings (SSSR count). The molecular weight excluding hydrogens is 428 g/mol. The van der Waals surface area contributed by atoms with Crippen LogP contribution in [0.25, 0.3) is 0 Å². The molecule has 10 heteroatoms. The van der Waals surface area contributed by atoms with Crippen molar-refractivity contribution in [1.29, 1.82) is 0 Å². The number of nitrogens with two attached hydrogens (primary N) is 1. The zero-order valence-electron chi connectivity index (χ0n) is 19.0. The quantitative estimate of drug-likeness (QED) is 0.289. The van der Waals surface area contributed by atoms with Gasteiger partial charge in [-0.3, -0.25) is 9.59 Å². The van der Waals surface area contributed by atoms with Gasteiger partial charge < -0.3 is 26.2 Å². The van der Waals surface area contributed by atoms with Crippen molar-refractivity contribution >= 4 is 23.9 Å². The number of carboxylic acids is 1. The van der Waals surface area contributed by atoms with E-state index in [-0.39, 0.29) is 31.2 Å². The summed E-state index contributed by atoms with van der Waals surface area (Å²) in [6, 6.07) is 1.71. The molecule has 0 aromatic carbocycles. The van der Waals surface area contributed by atoms with Crippen LogP contribution in [0.15, 0.2) is 36.7 Å². The first kappa shape index (κ1) is 25.8. The van der Waals surface area contributed by atoms with Gasteiger partial charge in [-0.25, -0.2) is 9.59 Å². The number of ether oxygens (including phenoxy) is 1. The zero-order valence-corrected chi connectivity index (χ0v) is 19.0. The third-order valence-corrected chi connectivity index (χ3v) is 5.51. The van der Waals surface area contributed by atoms with E-state index in [1.807, 2.05) is 6.92 Å². The Bertz CT molecular complexity index is 870. The summed E-state index contributed by atoms with van der Waals surface area (Å²) in [6.07, 6.45) is 9.89. The lowest BCUT2D eigenvalue weighted by molar-refractivity contribution is -0.727. The summed E-state index contributed by atoms with van der Waals surface area (Å²) in [4.78, 5) is 46.5. The van der Waals surface area contributed by atoms with Gasteiger partial charge in [0.1, 0.15) is 6.04 Å². The monoisotopic (exact) mass is 461 g/mol. The number of primary amides is 1. The van der Waals surface area contributed by atoms with Crippen molar-refractivity contribution in [2.75, 3.05) is 0 Å². The van der Waals surface area contributed by atoms with E-state index in [0.717, 1.165) is 19.3 Å². The molecule has 0 aliphatic heterocycles. The first-order valence-corrected chi connectivity index (χ1v) is 11.1. The molecule has 0 saturated heterocycles. The lowest BCUT2D eigenvalue weighted by Gasteiger charge is -2.23. The number of rotatable bonds is 11. The van der Waals surface area contributed by atoms with E-state index in [4.69, 9.17) is 10.5 Å². The standard InChI is InChI=1S/C23H32N4O6/c1-15-3-5-17(6-4-15)13-16(2)25-23(32)33-14-27-11-9-18(10-12-27)21(29)26-19(22(30)31)7-8-20(24)28/h3,5,9-12,15-17,19H,4,6-8,13-14H2,1-2H3,(H4-,24,25,26,28,29,30,31,32)/p+1/t15?,16-,17?,19-/m0/s1. The molecule has 3 amide bonds. The van der Waals surface area contributed by atoms with Crippen molar-refractivity contribution in [1.82, 2.24) is 10.6 Å². The van der Waals surface area contributed by atoms with E-state index in [9.17, 15) is 24.3 Å². The molecule has 4 atom stereocenters. The smallest absolute Gasteiger partial charge is 0.412 e. The summed E-state index contributed by atoms with van der Waals surface area (Å²) in [7, 11) is 0. The Hall–Kier alpha value is -3.43. The van der Waals surface area contributed by atoms with Gasteiger partial charge in [-0.2, -0.15) is 4.57 Å². The van der Waals surface area contributed by atoms with Gasteiger partial charge in [0.2, 0.25) is 5.91 Å². The molecule has 1 aromatic rings. The maximum atomic E-state index is 12.3. The van der Waals surface area contributed by atoms with Crippen molar-refractivity contribution in [2.45, 2.75) is 64.8 Å². The number of amides is 3. The van der Waals surface area contributed by atoms with Gasteiger partial charge >= 0.3 is 12.1 Å². The number of nitrogens with one attached hydrogen (secondary N) is 2. The molecule has 0 radical (unpaired) electrons. The maximum absolute atomic E-state index is 12.3. The van der Waals surface area contributed by atoms with E-state index in [0.29, 0.717) is 11.8 Å². The Morgan fingerprint density at radius 2 is 1.88 bits per heavy atom. The Labute approximate surface area is 193 Å². The average Bonchev–Trinajstić information content (AvgIpc) is 2.76. The minimum absolute atomic E-state index is 0.0200. The molecule has 1 heterocycles. The number of alkyl carbamates (subject to hydrolysis) is 1. The van der Waals surface area contributed by atoms with Crippen LogP contribution in [0.2, 0.25) is 0 Å². The number of nitrogens with zero attached hydrogens (tertiary/aromatic N) is 1. The molecule has 1 aliphatic rings. The molecule has 0 spiro atoms. The molecular formula is C23H33N4O6+. The highest BCUT2D eigenvalue weighted by molar-refractivity contribution is 5.96. The summed E-state index contributed by atoms with van der Waals surface area (Å²) in [5.41, 5.74) is 5.26. The molecule has 2 unspecified atom stereocenters. The molecule has 5 N–H and O–H groups in total. The summed E-state index contributed by atoms with van der Waals surface area (Å²) in [6.45, 7) is 4.10. The number of hydrogen-bond donors (Lipinski definition) is 4. The molecule has 10 nitrogen and oxygen atoms in total. The van der Waals surface area contributed by atoms with Crippen LogP contribution < -0.4 is 20.9 Å². The van der Waals surface area contributed by atoms with Crippen molar-refractivity contribution < 1.29 is 33.6 Å². The summed E-state index contributed by atoms with van der Waals surface area (Å²) in [5, 5.41) is 14.4. The molecule has 0 fully saturated rings. The fourth-order valence-electron chi connectivity index (χ4n) is 3.58. The van der Waals surface area contributed by atoms with Crippen LogP contribution in [0.4, 0.5) is 4.79 Å². The fraction of sp³-hybridized carbons (Fsp3) is 0.522. The number of aliphatic carboxylic acids is 1. The highest BCUT2D eigenvalue weighted by Crippen LogP contribution is 2.25. The number of hydrogen-bond acceptors (Lipinski definition) is 5. The maximum Gasteiger partial charge on any atom is 0.412 e. The van der Waals surface area contributed by atoms with Gasteiger partial charge in [-0.05, 0) is 44.4 Å². The molecule has 33 heavy (non-hydrogen) atoms. The van der Waals surface area contributed by atoms with Crippen molar-refractivity contribution in [3.8, 4) is 0 Å². The summed E-state index contributed by atoms with van der Waals surface area (Å²) in [5.74, 6) is -1.42. The predicted molar refractivity (Wildman–Crippen MR) is 119 cm³/mol. The lowest BCUT2D eigenvalue weighted by Crippen LogP contribution is -2.42. The van der Waals surface area contributed by atoms with E-state index in [2.05, 4.69) is 29.7 Å². The average molecular weight is 462 g/mol. The molecule has 0 saturated carbocycles. The number of carbonyl (C=O) groups is 4. The van der Waals surface area contributed by atoms with E-state index >= 15 is 0 Å². The SMILES string of the molecule is CC1C=CC(C[C@H](C)NC(=O)OC[n+]2ccc(C(=O)N[C@@H](CCC(N)=O)C(=O)O)cc2)CC1. The molecule has 180 valence electrons. The number of pyridine rings is 1. The van der Waals surface area contributed by atoms with E-state index in [1.54, 1.807) is 17.0 Å². The zero-order chi connectivity index (χ0) is 24.4. The second kappa shape index (κ2) is 12.6. The Balaban J connectivity index is 1.78. The van der Waals surface area contributed by atoms with Crippen LogP contribution in [0.3, 0.4) is 0 Å². The number of aromatic nitrogens is 1. The first-order valence-electron chi connectivity index (χ1n) is 11.1. The van der Waals surface area contributed by atoms with Gasteiger partial charge in [-0.1, -0.05) is 19.1 Å². The third kappa shape index (κ3) is 9.30. The second-order valence-corrected chi connectivity index (χ2v) is 8.51. The number of carboxylic acid groups (broad SMARTS) is 1. The Morgan fingerprint density at radius 3 is 2.45 bits per heavy atom. The topological polar surface area (TPSA) is 152 Å². The van der Waals surface area contributed by atoms with Gasteiger partial charge in [-0.15, -0.1) is 0 Å². The summed E-state index contributed by atoms with van der Waals surface area (Å²) < 4.78 is 6.79. The largest absolute Gasteiger partial charge is 0.480 e. The van der Waals surface area contributed by atoms with Crippen LogP contribution in [0, 0.1) is 11.8 Å². The van der Waals surface area contributed by atoms with Crippen LogP contribution in [-0.4, -0.2) is 41.1 Å². The number of allylic oxidation sites excluding steroid dienone is 2. The summed E-state index contributed by atoms with van der Waals surface area (Å²) >= 11 is 0. The highest BCUT2D eigenvalue weighted by atomic mass is 16.6. The molecule has 0 bridgehead atoms. The van der Waals surface area contributed by atoms with Gasteiger partial charge in [0, 0.05) is 24.6 Å². The fourth-order valence-corrected chi connectivity index (χ4v) is 3.58. The predicted octanol–water partition coefficient (Wildman–Crippen LogP) is 1.49. The highest BCUT2D eigenvalue weighted by Gasteiger charge is 2.22. The Kier molecular flexibility index (Phi) is 9.84. The molecule has 1 aliphatic carbocycles. The minimum Gasteiger partial charge on any atom is -0.480 e. The second-order valence-electron chi connectivity index (χ2n) is 8.51. The van der Waals surface area contributed by atoms with E-state index in [1.165, 1.54) is 12.1 Å². The van der Waals surface area contributed by atoms with Crippen LogP contribution in [0.1, 0.15) is 56.3 Å². The molecule has 1 aromatic heterocycles. The Morgan fingerprint density at radius 1 is 1.18 bits per heavy atom. The minimum atomic E-state index is -1.25. The van der Waals surface area contributed by atoms with Crippen molar-refractivity contribution in [2.24, 2.45) is 17.6 Å². The van der Waals surface area contributed by atoms with Gasteiger partial charge in [0.15, 0.2) is 12.4 Å². The third-order valence-electron chi connectivity index (χ3n) is 5.51. The number of carbonyl (C=O) groups excluding carboxylic acids is 3. The van der Waals surface area contributed by atoms with Gasteiger partial charge in [0.25, 0.3) is 12.6 Å². The first-order chi connectivity index (χ1) is 15.6. The van der Waals surface area contributed by atoms with E-state index < -0.39 is 29.9 Å². The van der Waals surface area contributed by atoms with Crippen molar-refractivity contribution in [3.63, 3.8) is 0 Å². The van der Waals surface area contributed by atoms with Gasteiger partial charge in [0.05, 0.1) is 5.56 Å². The van der Waals surface area contributed by atoms with Crippen LogP contribution in [-0.2, 0) is 21.1 Å². The van der Waals surface area contributed by atoms with Crippen molar-refractivity contribution in [3.05, 3.63) is 42.2 Å². The normalized spacial score (nSPS) is 19.2. The lowest BCUT2D eigenvalue weighted by atomic mass is 9.86. The van der Waals surface area contributed by atoms with Crippen LogP contribution in [0.5, 0.6) is 0 Å². The van der Waals surface area contributed by atoms with Crippen LogP contribution >= 0.6 is 0 Å².